The molecule has 33 heavy (non-hydrogen) atoms. The number of carbonyl (C=O) groups is 3. The van der Waals surface area contributed by atoms with Gasteiger partial charge in [0.25, 0.3) is 11.8 Å². The van der Waals surface area contributed by atoms with Crippen LogP contribution in [0.2, 0.25) is 10.0 Å². The molecule has 1 aliphatic rings. The average Bonchev–Trinajstić information content (AvgIpc) is 3.22. The van der Waals surface area contributed by atoms with Crippen LogP contribution in [0.1, 0.15) is 11.3 Å². The molecule has 2 aromatic carbocycles. The number of nitrogens with one attached hydrogen (secondary N) is 1. The Bertz CT molecular complexity index is 1260. The van der Waals surface area contributed by atoms with Crippen LogP contribution in [0.4, 0.5) is 10.5 Å². The summed E-state index contributed by atoms with van der Waals surface area (Å²) < 4.78 is 7.56. The molecule has 1 aromatic heterocycles. The van der Waals surface area contributed by atoms with Gasteiger partial charge in [-0.1, -0.05) is 29.3 Å². The second kappa shape index (κ2) is 9.52. The highest BCUT2D eigenvalue weighted by atomic mass is 35.5. The van der Waals surface area contributed by atoms with Gasteiger partial charge in [0.2, 0.25) is 0 Å². The highest BCUT2D eigenvalue weighted by molar-refractivity contribution is 6.39. The van der Waals surface area contributed by atoms with Crippen molar-refractivity contribution in [3.63, 3.8) is 0 Å². The van der Waals surface area contributed by atoms with Gasteiger partial charge in [-0.15, -0.1) is 0 Å². The van der Waals surface area contributed by atoms with Crippen molar-refractivity contribution < 1.29 is 19.1 Å². The number of nitrogens with zero attached hydrogens (tertiary/aromatic N) is 2. The Labute approximate surface area is 200 Å². The lowest BCUT2D eigenvalue weighted by Gasteiger charge is -2.26. The molecule has 2 heterocycles. The number of benzene rings is 2. The molecule has 7 nitrogen and oxygen atoms in total. The number of ether oxygens (including phenoxy) is 1. The number of hydrogen-bond donors (Lipinski definition) is 1. The van der Waals surface area contributed by atoms with Crippen LogP contribution < -0.4 is 15.0 Å². The molecule has 0 spiro atoms. The largest absolute Gasteiger partial charge is 0.492 e. The first-order valence-corrected chi connectivity index (χ1v) is 10.8. The number of imide groups is 2. The molecule has 3 aromatic rings. The zero-order valence-corrected chi connectivity index (χ0v) is 19.1. The van der Waals surface area contributed by atoms with E-state index in [2.05, 4.69) is 5.32 Å². The number of aromatic nitrogens is 1. The molecule has 0 atom stereocenters. The van der Waals surface area contributed by atoms with Crippen LogP contribution in [0.3, 0.4) is 0 Å². The minimum atomic E-state index is -0.825. The summed E-state index contributed by atoms with van der Waals surface area (Å²) in [4.78, 5) is 38.8. The topological polar surface area (TPSA) is 80.6 Å². The number of aryl methyl sites for hydroxylation is 1. The summed E-state index contributed by atoms with van der Waals surface area (Å²) in [5.41, 5.74) is 1.53. The summed E-state index contributed by atoms with van der Waals surface area (Å²) in [6, 6.07) is 14.6. The van der Waals surface area contributed by atoms with Gasteiger partial charge >= 0.3 is 6.03 Å². The molecule has 1 aliphatic heterocycles. The number of carbonyl (C=O) groups excluding carboxylic acids is 3. The second-order valence-corrected chi connectivity index (χ2v) is 8.16. The molecular weight excluding hydrogens is 465 g/mol. The lowest BCUT2D eigenvalue weighted by Crippen LogP contribution is -2.54. The van der Waals surface area contributed by atoms with E-state index >= 15 is 0 Å². The zero-order chi connectivity index (χ0) is 23.5. The molecule has 1 saturated heterocycles. The second-order valence-electron chi connectivity index (χ2n) is 7.32. The molecule has 0 aliphatic carbocycles. The van der Waals surface area contributed by atoms with E-state index in [1.807, 2.05) is 17.7 Å². The van der Waals surface area contributed by atoms with Crippen molar-refractivity contribution in [2.24, 2.45) is 0 Å². The van der Waals surface area contributed by atoms with Gasteiger partial charge in [-0.3, -0.25) is 14.9 Å². The van der Waals surface area contributed by atoms with E-state index in [0.29, 0.717) is 34.6 Å². The number of barbiturate groups is 1. The summed E-state index contributed by atoms with van der Waals surface area (Å²) in [6.45, 7) is 2.64. The number of hydrogen-bond acceptors (Lipinski definition) is 4. The van der Waals surface area contributed by atoms with Crippen molar-refractivity contribution in [2.75, 3.05) is 11.5 Å². The third-order valence-electron chi connectivity index (χ3n) is 5.09. The minimum Gasteiger partial charge on any atom is -0.492 e. The van der Waals surface area contributed by atoms with E-state index in [1.165, 1.54) is 12.1 Å². The van der Waals surface area contributed by atoms with Gasteiger partial charge in [-0.05, 0) is 67.1 Å². The van der Waals surface area contributed by atoms with Crippen LogP contribution in [-0.4, -0.2) is 29.0 Å². The van der Waals surface area contributed by atoms with E-state index in [0.717, 1.165) is 10.5 Å². The van der Waals surface area contributed by atoms with Crippen molar-refractivity contribution in [1.82, 2.24) is 9.88 Å². The maximum absolute atomic E-state index is 13.1. The molecule has 1 fully saturated rings. The predicted octanol–water partition coefficient (Wildman–Crippen LogP) is 4.85. The summed E-state index contributed by atoms with van der Waals surface area (Å²) in [5.74, 6) is -0.808. The van der Waals surface area contributed by atoms with Crippen molar-refractivity contribution in [1.29, 1.82) is 0 Å². The van der Waals surface area contributed by atoms with Crippen LogP contribution in [0.5, 0.6) is 5.75 Å². The Kier molecular flexibility index (Phi) is 6.53. The Balaban J connectivity index is 1.54. The number of urea groups is 1. The number of anilines is 1. The molecule has 0 unspecified atom stereocenters. The molecule has 0 saturated carbocycles. The molecule has 0 radical (unpaired) electrons. The van der Waals surface area contributed by atoms with E-state index in [-0.39, 0.29) is 11.3 Å². The van der Waals surface area contributed by atoms with Crippen LogP contribution >= 0.6 is 23.2 Å². The van der Waals surface area contributed by atoms with Crippen LogP contribution in [0.25, 0.3) is 6.08 Å². The highest BCUT2D eigenvalue weighted by Crippen LogP contribution is 2.26. The fourth-order valence-electron chi connectivity index (χ4n) is 3.32. The van der Waals surface area contributed by atoms with Crippen LogP contribution in [-0.2, 0) is 16.1 Å². The van der Waals surface area contributed by atoms with Gasteiger partial charge in [0.05, 0.1) is 12.2 Å². The van der Waals surface area contributed by atoms with Gasteiger partial charge in [0.15, 0.2) is 0 Å². The first-order valence-electron chi connectivity index (χ1n) is 10.0. The summed E-state index contributed by atoms with van der Waals surface area (Å²) in [5, 5.41) is 3.24. The SMILES string of the molecule is Cc1ccc(N2C(=O)NC(=O)/C(=C/c3cccn3CCOc3ccc(Cl)cc3)C2=O)cc1Cl. The van der Waals surface area contributed by atoms with Crippen LogP contribution in [0, 0.1) is 6.92 Å². The standard InChI is InChI=1S/C24H19Cl2N3O4/c1-15-4-7-18(14-21(15)26)29-23(31)20(22(30)27-24(29)32)13-17-3-2-10-28(17)11-12-33-19-8-5-16(25)6-9-19/h2-10,13-14H,11-12H2,1H3,(H,27,30,32)/b20-13-. The minimum absolute atomic E-state index is 0.162. The van der Waals surface area contributed by atoms with E-state index in [4.69, 9.17) is 27.9 Å². The first kappa shape index (κ1) is 22.6. The smallest absolute Gasteiger partial charge is 0.335 e. The lowest BCUT2D eigenvalue weighted by atomic mass is 10.1. The molecule has 1 N–H and O–H groups in total. The predicted molar refractivity (Wildman–Crippen MR) is 127 cm³/mol. The quantitative estimate of drug-likeness (QED) is 0.401. The number of halogens is 2. The molecule has 9 heteroatoms. The first-order chi connectivity index (χ1) is 15.8. The van der Waals surface area contributed by atoms with Gasteiger partial charge in [-0.2, -0.15) is 0 Å². The van der Waals surface area contributed by atoms with E-state index in [1.54, 1.807) is 48.5 Å². The summed E-state index contributed by atoms with van der Waals surface area (Å²) >= 11 is 12.0. The molecule has 0 bridgehead atoms. The molecule has 168 valence electrons. The third-order valence-corrected chi connectivity index (χ3v) is 5.75. The normalized spacial score (nSPS) is 15.2. The highest BCUT2D eigenvalue weighted by Gasteiger charge is 2.37. The summed E-state index contributed by atoms with van der Waals surface area (Å²) in [6.07, 6.45) is 3.26. The Morgan fingerprint density at radius 3 is 2.52 bits per heavy atom. The van der Waals surface area contributed by atoms with Crippen molar-refractivity contribution in [3.05, 3.63) is 87.7 Å². The van der Waals surface area contributed by atoms with Crippen LogP contribution in [0.15, 0.2) is 66.4 Å². The molecule has 4 amide bonds. The Hall–Kier alpha value is -3.55. The number of rotatable bonds is 6. The van der Waals surface area contributed by atoms with Gasteiger partial charge in [-0.25, -0.2) is 9.69 Å². The zero-order valence-electron chi connectivity index (χ0n) is 17.5. The fraction of sp³-hybridized carbons (Fsp3) is 0.125. The molecular formula is C24H19Cl2N3O4. The van der Waals surface area contributed by atoms with Gasteiger partial charge < -0.3 is 9.30 Å². The van der Waals surface area contributed by atoms with E-state index < -0.39 is 17.8 Å². The maximum atomic E-state index is 13.1. The van der Waals surface area contributed by atoms with Gasteiger partial charge in [0, 0.05) is 21.9 Å². The lowest BCUT2D eigenvalue weighted by molar-refractivity contribution is -0.122. The van der Waals surface area contributed by atoms with Crippen molar-refractivity contribution in [3.8, 4) is 5.75 Å². The maximum Gasteiger partial charge on any atom is 0.335 e. The number of amides is 4. The van der Waals surface area contributed by atoms with Crippen molar-refractivity contribution >= 4 is 52.8 Å². The fourth-order valence-corrected chi connectivity index (χ4v) is 3.62. The van der Waals surface area contributed by atoms with Crippen molar-refractivity contribution in [2.45, 2.75) is 13.5 Å². The Morgan fingerprint density at radius 2 is 1.79 bits per heavy atom. The summed E-state index contributed by atoms with van der Waals surface area (Å²) in [7, 11) is 0. The average molecular weight is 484 g/mol. The monoisotopic (exact) mass is 483 g/mol. The van der Waals surface area contributed by atoms with E-state index in [9.17, 15) is 14.4 Å². The third kappa shape index (κ3) is 4.94. The molecule has 4 rings (SSSR count). The van der Waals surface area contributed by atoms with Gasteiger partial charge in [0.1, 0.15) is 17.9 Å². The Morgan fingerprint density at radius 1 is 1.03 bits per heavy atom.